The van der Waals surface area contributed by atoms with Crippen LogP contribution in [0.5, 0.6) is 0 Å². The van der Waals surface area contributed by atoms with Gasteiger partial charge in [-0.2, -0.15) is 0 Å². The van der Waals surface area contributed by atoms with Gasteiger partial charge in [0.15, 0.2) is 19.7 Å². The van der Waals surface area contributed by atoms with E-state index in [1.807, 2.05) is 13.0 Å². The summed E-state index contributed by atoms with van der Waals surface area (Å²) in [6.45, 7) is 3.86. The van der Waals surface area contributed by atoms with Crippen molar-refractivity contribution in [2.45, 2.75) is 47.3 Å². The Bertz CT molecular complexity index is 1060. The molecule has 2 heterocycles. The molecule has 0 N–H and O–H groups in total. The molecule has 1 aliphatic heterocycles. The molecule has 2 aromatic rings. The summed E-state index contributed by atoms with van der Waals surface area (Å²) in [6.07, 6.45) is 4.01. The van der Waals surface area contributed by atoms with Crippen LogP contribution in [0.2, 0.25) is 0 Å². The van der Waals surface area contributed by atoms with Gasteiger partial charge in [0.2, 0.25) is 0 Å². The maximum Gasteiger partial charge on any atom is 0.184 e. The van der Waals surface area contributed by atoms with E-state index in [4.69, 9.17) is 4.74 Å². The van der Waals surface area contributed by atoms with Crippen molar-refractivity contribution in [3.63, 3.8) is 0 Å². The molecule has 1 aliphatic rings. The Balaban J connectivity index is 1.96. The number of aromatic nitrogens is 1. The minimum Gasteiger partial charge on any atom is -0.373 e. The molecule has 0 amide bonds. The van der Waals surface area contributed by atoms with Gasteiger partial charge >= 0.3 is 0 Å². The van der Waals surface area contributed by atoms with Crippen molar-refractivity contribution in [3.05, 3.63) is 53.9 Å². The molecule has 1 saturated heterocycles. The molecule has 0 aliphatic carbocycles. The summed E-state index contributed by atoms with van der Waals surface area (Å²) >= 11 is 0. The minimum atomic E-state index is -3.58. The van der Waals surface area contributed by atoms with Crippen LogP contribution in [0.15, 0.2) is 52.5 Å². The maximum atomic E-state index is 13.3. The molecule has 6 nitrogen and oxygen atoms in total. The summed E-state index contributed by atoms with van der Waals surface area (Å²) in [5.41, 5.74) is 1.46. The number of hydrogen-bond acceptors (Lipinski definition) is 6. The lowest BCUT2D eigenvalue weighted by Gasteiger charge is -2.37. The molecule has 146 valence electrons. The molecule has 3 rings (SSSR count). The Hall–Kier alpha value is -1.77. The Morgan fingerprint density at radius 1 is 1.11 bits per heavy atom. The van der Waals surface area contributed by atoms with Gasteiger partial charge in [-0.1, -0.05) is 12.1 Å². The summed E-state index contributed by atoms with van der Waals surface area (Å²) in [5.74, 6) is 0. The highest BCUT2D eigenvalue weighted by molar-refractivity contribution is 7.92. The minimum absolute atomic E-state index is 0.0948. The molecule has 0 spiro atoms. The standard InChI is InChI=1S/C19H23NO5S2/c1-14-5-4-6-16(9-14)27(23,24)19(2)7-8-25-18(11-19)15-10-17(13-20-12-15)26(3,21)22/h4-6,9-10,12-13,18H,7-8,11H2,1-3H3/t18-,19+/m0/s1. The van der Waals surface area contributed by atoms with Crippen molar-refractivity contribution >= 4 is 19.7 Å². The van der Waals surface area contributed by atoms with E-state index in [1.165, 1.54) is 18.5 Å². The summed E-state index contributed by atoms with van der Waals surface area (Å²) in [6, 6.07) is 8.40. The zero-order valence-corrected chi connectivity index (χ0v) is 17.2. The molecule has 0 radical (unpaired) electrons. The van der Waals surface area contributed by atoms with Crippen molar-refractivity contribution in [2.24, 2.45) is 0 Å². The molecule has 1 aromatic carbocycles. The van der Waals surface area contributed by atoms with Crippen molar-refractivity contribution in [1.29, 1.82) is 0 Å². The topological polar surface area (TPSA) is 90.4 Å². The van der Waals surface area contributed by atoms with Crippen LogP contribution in [0.4, 0.5) is 0 Å². The Labute approximate surface area is 160 Å². The fourth-order valence-electron chi connectivity index (χ4n) is 3.31. The van der Waals surface area contributed by atoms with E-state index in [0.29, 0.717) is 16.9 Å². The molecule has 0 bridgehead atoms. The maximum absolute atomic E-state index is 13.3. The normalized spacial score (nSPS) is 23.9. The van der Waals surface area contributed by atoms with Gasteiger partial charge in [0.05, 0.1) is 20.6 Å². The van der Waals surface area contributed by atoms with Crippen LogP contribution in [-0.4, -0.2) is 39.4 Å². The molecule has 27 heavy (non-hydrogen) atoms. The first-order chi connectivity index (χ1) is 12.5. The Morgan fingerprint density at radius 3 is 2.52 bits per heavy atom. The Kier molecular flexibility index (Phi) is 5.18. The van der Waals surface area contributed by atoms with Crippen molar-refractivity contribution in [3.8, 4) is 0 Å². The van der Waals surface area contributed by atoms with Gasteiger partial charge in [-0.25, -0.2) is 16.8 Å². The predicted octanol–water partition coefficient (Wildman–Crippen LogP) is 2.88. The summed E-state index contributed by atoms with van der Waals surface area (Å²) in [4.78, 5) is 4.39. The highest BCUT2D eigenvalue weighted by Gasteiger charge is 2.45. The van der Waals surface area contributed by atoms with Crippen LogP contribution >= 0.6 is 0 Å². The molecule has 8 heteroatoms. The third-order valence-corrected chi connectivity index (χ3v) is 8.67. The van der Waals surface area contributed by atoms with E-state index in [2.05, 4.69) is 4.98 Å². The van der Waals surface area contributed by atoms with Crippen molar-refractivity contribution < 1.29 is 21.6 Å². The van der Waals surface area contributed by atoms with E-state index in [1.54, 1.807) is 25.1 Å². The number of aryl methyl sites for hydroxylation is 1. The number of hydrogen-bond donors (Lipinski definition) is 0. The molecule has 1 aromatic heterocycles. The van der Waals surface area contributed by atoms with Crippen molar-refractivity contribution in [2.75, 3.05) is 12.9 Å². The quantitative estimate of drug-likeness (QED) is 0.771. The Morgan fingerprint density at radius 2 is 1.85 bits per heavy atom. The first kappa shape index (κ1) is 20.0. The van der Waals surface area contributed by atoms with Gasteiger partial charge in [-0.05, 0) is 50.5 Å². The first-order valence-electron chi connectivity index (χ1n) is 8.61. The van der Waals surface area contributed by atoms with Crippen LogP contribution in [0.25, 0.3) is 0 Å². The van der Waals surface area contributed by atoms with Crippen LogP contribution in [-0.2, 0) is 24.4 Å². The lowest BCUT2D eigenvalue weighted by Crippen LogP contribution is -2.42. The fraction of sp³-hybridized carbons (Fsp3) is 0.421. The van der Waals surface area contributed by atoms with Crippen LogP contribution in [0.3, 0.4) is 0 Å². The summed E-state index contributed by atoms with van der Waals surface area (Å²) < 4.78 is 55.0. The smallest absolute Gasteiger partial charge is 0.184 e. The second kappa shape index (κ2) is 7.00. The molecular weight excluding hydrogens is 386 g/mol. The monoisotopic (exact) mass is 409 g/mol. The summed E-state index contributed by atoms with van der Waals surface area (Å²) in [5, 5.41) is 0. The van der Waals surface area contributed by atoms with Gasteiger partial charge in [0, 0.05) is 30.8 Å². The average molecular weight is 410 g/mol. The highest BCUT2D eigenvalue weighted by atomic mass is 32.2. The third-order valence-electron chi connectivity index (χ3n) is 5.05. The lowest BCUT2D eigenvalue weighted by atomic mass is 9.93. The van der Waals surface area contributed by atoms with Gasteiger partial charge in [0.1, 0.15) is 0 Å². The van der Waals surface area contributed by atoms with E-state index in [-0.39, 0.29) is 17.9 Å². The van der Waals surface area contributed by atoms with Crippen molar-refractivity contribution in [1.82, 2.24) is 4.98 Å². The van der Waals surface area contributed by atoms with Gasteiger partial charge in [-0.15, -0.1) is 0 Å². The molecule has 2 atom stereocenters. The SMILES string of the molecule is Cc1cccc(S(=O)(=O)[C@]2(C)CCO[C@H](c3cncc(S(C)(=O)=O)c3)C2)c1. The first-order valence-corrected chi connectivity index (χ1v) is 12.0. The van der Waals surface area contributed by atoms with Crippen LogP contribution in [0, 0.1) is 6.92 Å². The van der Waals surface area contributed by atoms with E-state index < -0.39 is 30.5 Å². The number of benzene rings is 1. The highest BCUT2D eigenvalue weighted by Crippen LogP contribution is 2.42. The van der Waals surface area contributed by atoms with Crippen LogP contribution < -0.4 is 0 Å². The molecule has 0 saturated carbocycles. The second-order valence-electron chi connectivity index (χ2n) is 7.31. The zero-order chi connectivity index (χ0) is 19.9. The zero-order valence-electron chi connectivity index (χ0n) is 15.5. The molecular formula is C19H23NO5S2. The third kappa shape index (κ3) is 3.93. The lowest BCUT2D eigenvalue weighted by molar-refractivity contribution is -0.00000301. The van der Waals surface area contributed by atoms with E-state index in [9.17, 15) is 16.8 Å². The van der Waals surface area contributed by atoms with E-state index >= 15 is 0 Å². The van der Waals surface area contributed by atoms with Gasteiger partial charge in [-0.3, -0.25) is 4.98 Å². The average Bonchev–Trinajstić information content (AvgIpc) is 2.61. The number of pyridine rings is 1. The molecule has 0 unspecified atom stereocenters. The summed E-state index contributed by atoms with van der Waals surface area (Å²) in [7, 11) is -6.99. The second-order valence-corrected chi connectivity index (χ2v) is 11.8. The number of sulfone groups is 2. The largest absolute Gasteiger partial charge is 0.373 e. The molecule has 1 fully saturated rings. The predicted molar refractivity (Wildman–Crippen MR) is 102 cm³/mol. The fourth-order valence-corrected chi connectivity index (χ4v) is 5.80. The van der Waals surface area contributed by atoms with E-state index in [0.717, 1.165) is 11.8 Å². The van der Waals surface area contributed by atoms with Crippen LogP contribution in [0.1, 0.15) is 37.0 Å². The van der Waals surface area contributed by atoms with Gasteiger partial charge < -0.3 is 4.74 Å². The van der Waals surface area contributed by atoms with Gasteiger partial charge in [0.25, 0.3) is 0 Å². The number of ether oxygens (including phenoxy) is 1. The number of nitrogens with zero attached hydrogens (tertiary/aromatic N) is 1. The number of rotatable bonds is 4.